The zero-order chi connectivity index (χ0) is 15.3. The number of benzene rings is 1. The third-order valence-corrected chi connectivity index (χ3v) is 3.36. The summed E-state index contributed by atoms with van der Waals surface area (Å²) in [6.07, 6.45) is 1.64. The number of nitrogens with one attached hydrogen (secondary N) is 1. The maximum atomic E-state index is 12.2. The Hall–Kier alpha value is -1.82. The molecular formula is C14H17BrN2O3. The van der Waals surface area contributed by atoms with Crippen LogP contribution in [-0.4, -0.2) is 34.6 Å². The molecule has 0 unspecified atom stereocenters. The third-order valence-electron chi connectivity index (χ3n) is 2.66. The van der Waals surface area contributed by atoms with Gasteiger partial charge in [0.25, 0.3) is 0 Å². The van der Waals surface area contributed by atoms with Crippen LogP contribution >= 0.6 is 15.9 Å². The van der Waals surface area contributed by atoms with Crippen molar-refractivity contribution in [3.63, 3.8) is 0 Å². The Bertz CT molecular complexity index is 529. The Morgan fingerprint density at radius 3 is 2.65 bits per heavy atom. The fourth-order valence-corrected chi connectivity index (χ4v) is 1.95. The van der Waals surface area contributed by atoms with Crippen molar-refractivity contribution in [2.75, 3.05) is 11.9 Å². The van der Waals surface area contributed by atoms with Gasteiger partial charge in [-0.05, 0) is 48.0 Å². The Balaban J connectivity index is 2.96. The Labute approximate surface area is 126 Å². The summed E-state index contributed by atoms with van der Waals surface area (Å²) in [5.41, 5.74) is 0.535. The first-order valence-electron chi connectivity index (χ1n) is 6.08. The number of aromatic carboxylic acids is 1. The molecule has 0 radical (unpaired) electrons. The average Bonchev–Trinajstić information content (AvgIpc) is 2.37. The van der Waals surface area contributed by atoms with E-state index in [-0.39, 0.29) is 17.6 Å². The van der Waals surface area contributed by atoms with Gasteiger partial charge in [-0.2, -0.15) is 0 Å². The van der Waals surface area contributed by atoms with Crippen molar-refractivity contribution in [3.05, 3.63) is 40.9 Å². The molecule has 0 fully saturated rings. The predicted molar refractivity (Wildman–Crippen MR) is 82.2 cm³/mol. The first-order valence-corrected chi connectivity index (χ1v) is 6.87. The molecule has 0 aromatic heterocycles. The van der Waals surface area contributed by atoms with Crippen molar-refractivity contribution < 1.29 is 14.7 Å². The number of anilines is 1. The second-order valence-electron chi connectivity index (χ2n) is 4.46. The average molecular weight is 341 g/mol. The number of urea groups is 1. The molecular weight excluding hydrogens is 324 g/mol. The van der Waals surface area contributed by atoms with Crippen molar-refractivity contribution in [2.45, 2.75) is 19.9 Å². The first-order chi connectivity index (χ1) is 9.36. The van der Waals surface area contributed by atoms with Gasteiger partial charge in [0.05, 0.1) is 11.3 Å². The van der Waals surface area contributed by atoms with E-state index in [0.717, 1.165) is 0 Å². The summed E-state index contributed by atoms with van der Waals surface area (Å²) in [7, 11) is 0. The minimum atomic E-state index is -1.04. The summed E-state index contributed by atoms with van der Waals surface area (Å²) in [6.45, 7) is 7.82. The first kappa shape index (κ1) is 16.2. The van der Waals surface area contributed by atoms with Crippen LogP contribution in [0.3, 0.4) is 0 Å². The monoisotopic (exact) mass is 340 g/mol. The summed E-state index contributed by atoms with van der Waals surface area (Å²) < 4.78 is 0.623. The van der Waals surface area contributed by atoms with E-state index in [4.69, 9.17) is 5.11 Å². The van der Waals surface area contributed by atoms with Crippen molar-refractivity contribution in [1.82, 2.24) is 4.90 Å². The van der Waals surface area contributed by atoms with Crippen LogP contribution in [0, 0.1) is 0 Å². The highest BCUT2D eigenvalue weighted by Crippen LogP contribution is 2.24. The van der Waals surface area contributed by atoms with E-state index in [1.807, 2.05) is 13.8 Å². The van der Waals surface area contributed by atoms with Gasteiger partial charge in [0, 0.05) is 17.1 Å². The highest BCUT2D eigenvalue weighted by Gasteiger charge is 2.17. The van der Waals surface area contributed by atoms with Gasteiger partial charge < -0.3 is 15.3 Å². The lowest BCUT2D eigenvalue weighted by Crippen LogP contribution is -2.40. The van der Waals surface area contributed by atoms with Gasteiger partial charge in [-0.3, -0.25) is 0 Å². The number of hydrogen-bond acceptors (Lipinski definition) is 2. The van der Waals surface area contributed by atoms with E-state index >= 15 is 0 Å². The molecule has 0 aliphatic heterocycles. The molecule has 20 heavy (non-hydrogen) atoms. The molecule has 2 amide bonds. The quantitative estimate of drug-likeness (QED) is 0.805. The maximum Gasteiger partial charge on any atom is 0.335 e. The Kier molecular flexibility index (Phi) is 5.76. The number of amides is 2. The zero-order valence-corrected chi connectivity index (χ0v) is 13.0. The summed E-state index contributed by atoms with van der Waals surface area (Å²) in [5, 5.41) is 11.7. The molecule has 0 heterocycles. The van der Waals surface area contributed by atoms with Gasteiger partial charge in [0.15, 0.2) is 0 Å². The largest absolute Gasteiger partial charge is 0.478 e. The topological polar surface area (TPSA) is 69.6 Å². The van der Waals surface area contributed by atoms with Gasteiger partial charge in [0.2, 0.25) is 0 Å². The van der Waals surface area contributed by atoms with E-state index in [2.05, 4.69) is 27.8 Å². The SMILES string of the molecule is C=CCN(C(=O)Nc1cc(C(=O)O)ccc1Br)C(C)C. The standard InChI is InChI=1S/C14H17BrN2O3/c1-4-7-17(9(2)3)14(20)16-12-8-10(13(18)19)5-6-11(12)15/h4-6,8-9H,1,7H2,2-3H3,(H,16,20)(H,18,19). The number of carboxylic acids is 1. The molecule has 0 saturated carbocycles. The minimum Gasteiger partial charge on any atom is -0.478 e. The number of carbonyl (C=O) groups excluding carboxylic acids is 1. The van der Waals surface area contributed by atoms with E-state index in [1.165, 1.54) is 12.1 Å². The van der Waals surface area contributed by atoms with E-state index in [0.29, 0.717) is 16.7 Å². The van der Waals surface area contributed by atoms with E-state index in [9.17, 15) is 9.59 Å². The van der Waals surface area contributed by atoms with E-state index < -0.39 is 5.97 Å². The maximum absolute atomic E-state index is 12.2. The summed E-state index contributed by atoms with van der Waals surface area (Å²) in [6, 6.07) is 4.17. The molecule has 0 spiro atoms. The zero-order valence-electron chi connectivity index (χ0n) is 11.4. The van der Waals surface area contributed by atoms with Gasteiger partial charge in [0.1, 0.15) is 0 Å². The predicted octanol–water partition coefficient (Wildman–Crippen LogP) is 3.58. The number of hydrogen-bond donors (Lipinski definition) is 2. The number of halogens is 1. The second kappa shape index (κ2) is 7.09. The smallest absolute Gasteiger partial charge is 0.335 e. The molecule has 1 aromatic carbocycles. The van der Waals surface area contributed by atoms with Gasteiger partial charge >= 0.3 is 12.0 Å². The van der Waals surface area contributed by atoms with E-state index in [1.54, 1.807) is 17.0 Å². The second-order valence-corrected chi connectivity index (χ2v) is 5.32. The van der Waals surface area contributed by atoms with Crippen LogP contribution in [0.5, 0.6) is 0 Å². The molecule has 0 aliphatic rings. The van der Waals surface area contributed by atoms with Crippen LogP contribution in [0.2, 0.25) is 0 Å². The lowest BCUT2D eigenvalue weighted by atomic mass is 10.2. The van der Waals surface area contributed by atoms with Crippen LogP contribution in [0.25, 0.3) is 0 Å². The molecule has 5 nitrogen and oxygen atoms in total. The number of carboxylic acid groups (broad SMARTS) is 1. The van der Waals surface area contributed by atoms with Crippen LogP contribution in [-0.2, 0) is 0 Å². The minimum absolute atomic E-state index is 0.00873. The van der Waals surface area contributed by atoms with Crippen molar-refractivity contribution in [2.24, 2.45) is 0 Å². The van der Waals surface area contributed by atoms with Gasteiger partial charge in [-0.1, -0.05) is 6.08 Å². The Morgan fingerprint density at radius 2 is 2.15 bits per heavy atom. The number of nitrogens with zero attached hydrogens (tertiary/aromatic N) is 1. The fourth-order valence-electron chi connectivity index (χ4n) is 1.61. The van der Waals surface area contributed by atoms with Crippen LogP contribution in [0.1, 0.15) is 24.2 Å². The number of carbonyl (C=O) groups is 2. The lowest BCUT2D eigenvalue weighted by molar-refractivity contribution is 0.0697. The molecule has 108 valence electrons. The van der Waals surface area contributed by atoms with Gasteiger partial charge in [-0.15, -0.1) is 6.58 Å². The molecule has 1 rings (SSSR count). The van der Waals surface area contributed by atoms with Crippen LogP contribution in [0.4, 0.5) is 10.5 Å². The summed E-state index contributed by atoms with van der Waals surface area (Å²) in [5.74, 6) is -1.04. The van der Waals surface area contributed by atoms with Gasteiger partial charge in [-0.25, -0.2) is 9.59 Å². The Morgan fingerprint density at radius 1 is 1.50 bits per heavy atom. The lowest BCUT2D eigenvalue weighted by Gasteiger charge is -2.25. The molecule has 0 bridgehead atoms. The molecule has 6 heteroatoms. The summed E-state index contributed by atoms with van der Waals surface area (Å²) >= 11 is 3.29. The number of rotatable bonds is 5. The normalized spacial score (nSPS) is 10.2. The molecule has 1 aromatic rings. The fraction of sp³-hybridized carbons (Fsp3) is 0.286. The highest BCUT2D eigenvalue weighted by molar-refractivity contribution is 9.10. The molecule has 0 aliphatic carbocycles. The van der Waals surface area contributed by atoms with Crippen molar-refractivity contribution in [1.29, 1.82) is 0 Å². The van der Waals surface area contributed by atoms with Crippen LogP contribution in [0.15, 0.2) is 35.3 Å². The molecule has 0 saturated heterocycles. The molecule has 2 N–H and O–H groups in total. The van der Waals surface area contributed by atoms with Crippen LogP contribution < -0.4 is 5.32 Å². The van der Waals surface area contributed by atoms with Crippen molar-refractivity contribution >= 4 is 33.6 Å². The highest BCUT2D eigenvalue weighted by atomic mass is 79.9. The summed E-state index contributed by atoms with van der Waals surface area (Å²) in [4.78, 5) is 24.7. The molecule has 0 atom stereocenters. The van der Waals surface area contributed by atoms with Crippen molar-refractivity contribution in [3.8, 4) is 0 Å². The third kappa shape index (κ3) is 4.09.